The number of carbonyl (C=O) groups excluding carboxylic acids is 2. The van der Waals surface area contributed by atoms with Crippen LogP contribution in [0.2, 0.25) is 0 Å². The molecule has 1 unspecified atom stereocenters. The molecule has 1 heterocycles. The standard InChI is InChI=1S/C26H30N4O3/c1-15(31)14-28-26(33)20-8-11-23-22(12-20)24(29-21-9-4-18(13-27)5-10-21)16(2)25(19-6-7-19)30(23)17(3)32/h4-5,8-12,15-16,19,24-25,29,31H,6-7,14H2,1-3H3,(H,28,33)/t15?,16-,24-,25-/m1/s1. The molecular weight excluding hydrogens is 416 g/mol. The number of hydrogen-bond acceptors (Lipinski definition) is 5. The van der Waals surface area contributed by atoms with Crippen LogP contribution in [0.1, 0.15) is 61.1 Å². The highest BCUT2D eigenvalue weighted by atomic mass is 16.3. The molecule has 7 heteroatoms. The molecule has 1 aliphatic carbocycles. The van der Waals surface area contributed by atoms with Crippen molar-refractivity contribution in [3.05, 3.63) is 59.2 Å². The van der Waals surface area contributed by atoms with Crippen molar-refractivity contribution in [1.82, 2.24) is 5.32 Å². The molecule has 4 rings (SSSR count). The van der Waals surface area contributed by atoms with Gasteiger partial charge in [-0.05, 0) is 73.7 Å². The first-order chi connectivity index (χ1) is 15.8. The molecule has 0 bridgehead atoms. The molecule has 0 radical (unpaired) electrons. The molecule has 2 aromatic carbocycles. The van der Waals surface area contributed by atoms with Crippen molar-refractivity contribution in [1.29, 1.82) is 5.26 Å². The van der Waals surface area contributed by atoms with E-state index in [1.807, 2.05) is 29.2 Å². The molecule has 1 aliphatic heterocycles. The van der Waals surface area contributed by atoms with E-state index in [0.717, 1.165) is 29.8 Å². The van der Waals surface area contributed by atoms with E-state index in [0.29, 0.717) is 17.0 Å². The number of fused-ring (bicyclic) bond motifs is 1. The van der Waals surface area contributed by atoms with Gasteiger partial charge >= 0.3 is 0 Å². The molecule has 2 aromatic rings. The van der Waals surface area contributed by atoms with Gasteiger partial charge in [-0.3, -0.25) is 9.59 Å². The molecule has 7 nitrogen and oxygen atoms in total. The fraction of sp³-hybridized carbons (Fsp3) is 0.423. The maximum absolute atomic E-state index is 12.7. The van der Waals surface area contributed by atoms with Gasteiger partial charge in [-0.2, -0.15) is 5.26 Å². The van der Waals surface area contributed by atoms with E-state index in [4.69, 9.17) is 5.26 Å². The number of hydrogen-bond donors (Lipinski definition) is 3. The molecule has 33 heavy (non-hydrogen) atoms. The lowest BCUT2D eigenvalue weighted by atomic mass is 9.79. The van der Waals surface area contributed by atoms with Gasteiger partial charge in [0.1, 0.15) is 0 Å². The summed E-state index contributed by atoms with van der Waals surface area (Å²) in [4.78, 5) is 27.4. The van der Waals surface area contributed by atoms with Gasteiger partial charge in [0.05, 0.1) is 23.8 Å². The largest absolute Gasteiger partial charge is 0.392 e. The van der Waals surface area contributed by atoms with E-state index < -0.39 is 6.10 Å². The van der Waals surface area contributed by atoms with Gasteiger partial charge < -0.3 is 20.6 Å². The summed E-state index contributed by atoms with van der Waals surface area (Å²) in [6.07, 6.45) is 1.58. The molecule has 2 aliphatic rings. The number of aliphatic hydroxyl groups excluding tert-OH is 1. The maximum atomic E-state index is 12.7. The lowest BCUT2D eigenvalue weighted by molar-refractivity contribution is -0.117. The van der Waals surface area contributed by atoms with Crippen molar-refractivity contribution < 1.29 is 14.7 Å². The quantitative estimate of drug-likeness (QED) is 0.629. The first-order valence-corrected chi connectivity index (χ1v) is 11.5. The van der Waals surface area contributed by atoms with Crippen LogP contribution in [-0.2, 0) is 4.79 Å². The number of nitrogens with one attached hydrogen (secondary N) is 2. The van der Waals surface area contributed by atoms with Crippen LogP contribution in [0.4, 0.5) is 11.4 Å². The second-order valence-electron chi connectivity index (χ2n) is 9.22. The van der Waals surface area contributed by atoms with Crippen LogP contribution in [-0.4, -0.2) is 35.6 Å². The van der Waals surface area contributed by atoms with Crippen LogP contribution >= 0.6 is 0 Å². The lowest BCUT2D eigenvalue weighted by Gasteiger charge is -2.46. The van der Waals surface area contributed by atoms with Crippen LogP contribution in [0.25, 0.3) is 0 Å². The van der Waals surface area contributed by atoms with Crippen LogP contribution in [0, 0.1) is 23.2 Å². The zero-order chi connectivity index (χ0) is 23.7. The van der Waals surface area contributed by atoms with Crippen molar-refractivity contribution in [2.75, 3.05) is 16.8 Å². The number of rotatable bonds is 6. The Morgan fingerprint density at radius 1 is 1.21 bits per heavy atom. The monoisotopic (exact) mass is 446 g/mol. The third-order valence-electron chi connectivity index (χ3n) is 6.59. The number of aliphatic hydroxyl groups is 1. The Morgan fingerprint density at radius 3 is 2.48 bits per heavy atom. The third-order valence-corrected chi connectivity index (χ3v) is 6.59. The summed E-state index contributed by atoms with van der Waals surface area (Å²) in [5.74, 6) is 0.321. The summed E-state index contributed by atoms with van der Waals surface area (Å²) < 4.78 is 0. The minimum atomic E-state index is -0.634. The molecule has 3 N–H and O–H groups in total. The zero-order valence-corrected chi connectivity index (χ0v) is 19.2. The Labute approximate surface area is 194 Å². The van der Waals surface area contributed by atoms with E-state index >= 15 is 0 Å². The summed E-state index contributed by atoms with van der Waals surface area (Å²) >= 11 is 0. The number of anilines is 2. The Morgan fingerprint density at radius 2 is 1.91 bits per heavy atom. The average molecular weight is 447 g/mol. The van der Waals surface area contributed by atoms with Crippen LogP contribution in [0.3, 0.4) is 0 Å². The number of benzene rings is 2. The van der Waals surface area contributed by atoms with Gasteiger partial charge in [-0.15, -0.1) is 0 Å². The summed E-state index contributed by atoms with van der Waals surface area (Å²) in [5, 5.41) is 25.0. The molecule has 4 atom stereocenters. The molecule has 1 fully saturated rings. The van der Waals surface area contributed by atoms with E-state index in [-0.39, 0.29) is 36.4 Å². The van der Waals surface area contributed by atoms with Gasteiger partial charge in [0.25, 0.3) is 5.91 Å². The highest BCUT2D eigenvalue weighted by Gasteiger charge is 2.47. The van der Waals surface area contributed by atoms with Crippen LogP contribution < -0.4 is 15.5 Å². The molecule has 2 amide bonds. The molecule has 1 saturated carbocycles. The Balaban J connectivity index is 1.75. The van der Waals surface area contributed by atoms with Crippen LogP contribution in [0.5, 0.6) is 0 Å². The van der Waals surface area contributed by atoms with Crippen molar-refractivity contribution in [3.8, 4) is 6.07 Å². The second kappa shape index (κ2) is 9.24. The van der Waals surface area contributed by atoms with Crippen molar-refractivity contribution >= 4 is 23.2 Å². The van der Waals surface area contributed by atoms with E-state index in [2.05, 4.69) is 23.6 Å². The topological polar surface area (TPSA) is 105 Å². The molecule has 0 aromatic heterocycles. The predicted octanol–water partition coefficient (Wildman–Crippen LogP) is 3.60. The summed E-state index contributed by atoms with van der Waals surface area (Å²) in [6, 6.07) is 14.9. The van der Waals surface area contributed by atoms with Crippen LogP contribution in [0.15, 0.2) is 42.5 Å². The number of nitrogens with zero attached hydrogens (tertiary/aromatic N) is 2. The first-order valence-electron chi connectivity index (χ1n) is 11.5. The van der Waals surface area contributed by atoms with Crippen molar-refractivity contribution in [3.63, 3.8) is 0 Å². The summed E-state index contributed by atoms with van der Waals surface area (Å²) in [6.45, 7) is 5.55. The van der Waals surface area contributed by atoms with Gasteiger partial charge in [-0.1, -0.05) is 6.92 Å². The van der Waals surface area contributed by atoms with Gasteiger partial charge in [0.15, 0.2) is 0 Å². The van der Waals surface area contributed by atoms with Gasteiger partial charge in [-0.25, -0.2) is 0 Å². The number of nitriles is 1. The van der Waals surface area contributed by atoms with E-state index in [1.54, 1.807) is 32.0 Å². The Bertz CT molecular complexity index is 1090. The average Bonchev–Trinajstić information content (AvgIpc) is 3.63. The SMILES string of the molecule is CC(=O)N1c2ccc(C(=O)NCC(C)O)cc2[C@H](Nc2ccc(C#N)cc2)[C@@H](C)[C@@H]1C1CC1. The van der Waals surface area contributed by atoms with E-state index in [1.165, 1.54) is 0 Å². The molecular formula is C26H30N4O3. The fourth-order valence-electron chi connectivity index (χ4n) is 4.87. The minimum Gasteiger partial charge on any atom is -0.392 e. The lowest BCUT2D eigenvalue weighted by Crippen LogP contribution is -2.51. The maximum Gasteiger partial charge on any atom is 0.251 e. The summed E-state index contributed by atoms with van der Waals surface area (Å²) in [7, 11) is 0. The summed E-state index contributed by atoms with van der Waals surface area (Å²) in [5.41, 5.74) is 3.68. The smallest absolute Gasteiger partial charge is 0.251 e. The normalized spacial score (nSPS) is 22.6. The Hall–Kier alpha value is -3.37. The van der Waals surface area contributed by atoms with Crippen molar-refractivity contribution in [2.45, 2.75) is 51.8 Å². The van der Waals surface area contributed by atoms with Gasteiger partial charge in [0, 0.05) is 42.4 Å². The molecule has 0 spiro atoms. The van der Waals surface area contributed by atoms with Crippen molar-refractivity contribution in [2.24, 2.45) is 11.8 Å². The van der Waals surface area contributed by atoms with E-state index in [9.17, 15) is 14.7 Å². The number of amides is 2. The minimum absolute atomic E-state index is 0.00290. The zero-order valence-electron chi connectivity index (χ0n) is 19.2. The second-order valence-corrected chi connectivity index (χ2v) is 9.22. The molecule has 0 saturated heterocycles. The first kappa shape index (κ1) is 22.8. The Kier molecular flexibility index (Phi) is 6.39. The third kappa shape index (κ3) is 4.71. The predicted molar refractivity (Wildman–Crippen MR) is 127 cm³/mol. The van der Waals surface area contributed by atoms with Gasteiger partial charge in [0.2, 0.25) is 5.91 Å². The highest BCUT2D eigenvalue weighted by Crippen LogP contribution is 2.50. The number of carbonyl (C=O) groups is 2. The highest BCUT2D eigenvalue weighted by molar-refractivity contribution is 5.98. The fourth-order valence-corrected chi connectivity index (χ4v) is 4.87. The molecule has 172 valence electrons.